The zero-order chi connectivity index (χ0) is 20.2. The molecule has 1 fully saturated rings. The number of carbonyl (C=O) groups excluding carboxylic acids is 1. The molecule has 9 heteroatoms. The van der Waals surface area contributed by atoms with E-state index in [1.54, 1.807) is 11.3 Å². The van der Waals surface area contributed by atoms with Crippen molar-refractivity contribution in [2.45, 2.75) is 19.9 Å². The van der Waals surface area contributed by atoms with Gasteiger partial charge in [-0.15, -0.1) is 11.3 Å². The molecule has 0 unspecified atom stereocenters. The van der Waals surface area contributed by atoms with Gasteiger partial charge in [-0.05, 0) is 54.4 Å². The van der Waals surface area contributed by atoms with E-state index in [2.05, 4.69) is 32.5 Å². The molecule has 152 valence electrons. The number of benzene rings is 1. The standard InChI is InChI=1S/C20H23N5O2S2/c1-14-13-15(24-8-10-27-11-9-24)4-5-16(14)21-18(26)6-7-25-19(22-23-20(25)28)17-3-2-12-29-17/h2-5,12-13H,6-11H2,1H3,(H,21,26)(H,23,28). The minimum atomic E-state index is -0.0487. The number of thiophene rings is 1. The molecule has 0 aliphatic carbocycles. The number of aromatic amines is 1. The van der Waals surface area contributed by atoms with Crippen LogP contribution in [0.2, 0.25) is 0 Å². The van der Waals surface area contributed by atoms with Gasteiger partial charge in [-0.1, -0.05) is 6.07 Å². The SMILES string of the molecule is Cc1cc(N2CCOCC2)ccc1NC(=O)CCn1c(-c2cccs2)n[nH]c1=S. The molecule has 2 aromatic heterocycles. The Hall–Kier alpha value is -2.49. The molecule has 0 saturated carbocycles. The van der Waals surface area contributed by atoms with Crippen molar-refractivity contribution in [1.82, 2.24) is 14.8 Å². The maximum atomic E-state index is 12.5. The minimum Gasteiger partial charge on any atom is -0.378 e. The van der Waals surface area contributed by atoms with Crippen LogP contribution in [0.4, 0.5) is 11.4 Å². The smallest absolute Gasteiger partial charge is 0.226 e. The largest absolute Gasteiger partial charge is 0.378 e. The third-order valence-electron chi connectivity index (χ3n) is 4.92. The molecule has 0 spiro atoms. The lowest BCUT2D eigenvalue weighted by Crippen LogP contribution is -2.36. The average molecular weight is 430 g/mol. The highest BCUT2D eigenvalue weighted by atomic mass is 32.1. The number of anilines is 2. The van der Waals surface area contributed by atoms with Gasteiger partial charge < -0.3 is 15.0 Å². The van der Waals surface area contributed by atoms with E-state index in [9.17, 15) is 4.79 Å². The molecule has 29 heavy (non-hydrogen) atoms. The summed E-state index contributed by atoms with van der Waals surface area (Å²) in [6, 6.07) is 10.1. The van der Waals surface area contributed by atoms with Crippen LogP contribution in [0.1, 0.15) is 12.0 Å². The van der Waals surface area contributed by atoms with Crippen molar-refractivity contribution in [3.63, 3.8) is 0 Å². The van der Waals surface area contributed by atoms with Crippen molar-refractivity contribution in [1.29, 1.82) is 0 Å². The second kappa shape index (κ2) is 8.89. The summed E-state index contributed by atoms with van der Waals surface area (Å²) in [5, 5.41) is 12.1. The monoisotopic (exact) mass is 429 g/mol. The molecule has 7 nitrogen and oxygen atoms in total. The molecular weight excluding hydrogens is 406 g/mol. The van der Waals surface area contributed by atoms with Crippen molar-refractivity contribution in [3.8, 4) is 10.7 Å². The molecule has 4 rings (SSSR count). The lowest BCUT2D eigenvalue weighted by molar-refractivity contribution is -0.116. The van der Waals surface area contributed by atoms with Gasteiger partial charge >= 0.3 is 0 Å². The Balaban J connectivity index is 1.39. The Labute approximate surface area is 178 Å². The minimum absolute atomic E-state index is 0.0487. The number of hydrogen-bond donors (Lipinski definition) is 2. The molecule has 1 amide bonds. The normalized spacial score (nSPS) is 14.2. The molecule has 0 bridgehead atoms. The first-order valence-electron chi connectivity index (χ1n) is 9.54. The third-order valence-corrected chi connectivity index (χ3v) is 6.10. The molecular formula is C20H23N5O2S2. The summed E-state index contributed by atoms with van der Waals surface area (Å²) in [7, 11) is 0. The molecule has 2 N–H and O–H groups in total. The van der Waals surface area contributed by atoms with Gasteiger partial charge in [0, 0.05) is 37.4 Å². The van der Waals surface area contributed by atoms with E-state index in [0.29, 0.717) is 17.7 Å². The Morgan fingerprint density at radius 1 is 1.34 bits per heavy atom. The maximum absolute atomic E-state index is 12.5. The number of nitrogens with one attached hydrogen (secondary N) is 2. The van der Waals surface area contributed by atoms with Crippen molar-refractivity contribution in [2.75, 3.05) is 36.5 Å². The summed E-state index contributed by atoms with van der Waals surface area (Å²) < 4.78 is 7.80. The molecule has 3 heterocycles. The van der Waals surface area contributed by atoms with Crippen LogP contribution in [0.3, 0.4) is 0 Å². The number of rotatable bonds is 6. The second-order valence-electron chi connectivity index (χ2n) is 6.88. The Kier molecular flexibility index (Phi) is 6.08. The highest BCUT2D eigenvalue weighted by molar-refractivity contribution is 7.71. The number of carbonyl (C=O) groups is 1. The van der Waals surface area contributed by atoms with Crippen LogP contribution < -0.4 is 10.2 Å². The fourth-order valence-electron chi connectivity index (χ4n) is 3.35. The maximum Gasteiger partial charge on any atom is 0.226 e. The van der Waals surface area contributed by atoms with Crippen LogP contribution in [0.25, 0.3) is 10.7 Å². The number of amides is 1. The third kappa shape index (κ3) is 4.58. The zero-order valence-corrected chi connectivity index (χ0v) is 17.8. The van der Waals surface area contributed by atoms with Crippen LogP contribution in [-0.4, -0.2) is 47.0 Å². The number of aromatic nitrogens is 3. The van der Waals surface area contributed by atoms with Gasteiger partial charge in [-0.25, -0.2) is 0 Å². The number of nitrogens with zero attached hydrogens (tertiary/aromatic N) is 3. The zero-order valence-electron chi connectivity index (χ0n) is 16.2. The summed E-state index contributed by atoms with van der Waals surface area (Å²) in [6.45, 7) is 5.77. The lowest BCUT2D eigenvalue weighted by atomic mass is 10.1. The van der Waals surface area contributed by atoms with Gasteiger partial charge in [0.2, 0.25) is 5.91 Å². The van der Waals surface area contributed by atoms with Crippen molar-refractivity contribution in [3.05, 3.63) is 46.0 Å². The molecule has 1 saturated heterocycles. The van der Waals surface area contributed by atoms with E-state index in [0.717, 1.165) is 53.9 Å². The molecule has 0 radical (unpaired) electrons. The van der Waals surface area contributed by atoms with Gasteiger partial charge in [0.05, 0.1) is 18.1 Å². The van der Waals surface area contributed by atoms with Crippen LogP contribution in [0.5, 0.6) is 0 Å². The van der Waals surface area contributed by atoms with Crippen molar-refractivity contribution >= 4 is 40.8 Å². The van der Waals surface area contributed by atoms with Crippen molar-refractivity contribution < 1.29 is 9.53 Å². The van der Waals surface area contributed by atoms with Crippen LogP contribution in [-0.2, 0) is 16.1 Å². The lowest BCUT2D eigenvalue weighted by Gasteiger charge is -2.29. The van der Waals surface area contributed by atoms with E-state index in [1.165, 1.54) is 0 Å². The number of aryl methyl sites for hydroxylation is 1. The fourth-order valence-corrected chi connectivity index (χ4v) is 4.30. The van der Waals surface area contributed by atoms with Crippen molar-refractivity contribution in [2.24, 2.45) is 0 Å². The molecule has 1 aromatic carbocycles. The number of ether oxygens (including phenoxy) is 1. The van der Waals surface area contributed by atoms with Gasteiger partial charge in [0.15, 0.2) is 10.6 Å². The Bertz CT molecular complexity index is 1040. The molecule has 0 atom stereocenters. The first-order valence-corrected chi connectivity index (χ1v) is 10.8. The first-order chi connectivity index (χ1) is 14.1. The van der Waals surface area contributed by atoms with E-state index in [-0.39, 0.29) is 5.91 Å². The fraction of sp³-hybridized carbons (Fsp3) is 0.350. The second-order valence-corrected chi connectivity index (χ2v) is 8.21. The van der Waals surface area contributed by atoms with E-state index in [4.69, 9.17) is 17.0 Å². The summed E-state index contributed by atoms with van der Waals surface area (Å²) in [4.78, 5) is 15.9. The average Bonchev–Trinajstić information content (AvgIpc) is 3.38. The predicted octanol–water partition coefficient (Wildman–Crippen LogP) is 3.84. The van der Waals surface area contributed by atoms with Crippen LogP contribution in [0, 0.1) is 11.7 Å². The highest BCUT2D eigenvalue weighted by Gasteiger charge is 2.14. The number of morpholine rings is 1. The van der Waals surface area contributed by atoms with Crippen LogP contribution in [0.15, 0.2) is 35.7 Å². The molecule has 1 aliphatic heterocycles. The first kappa shape index (κ1) is 19.8. The Morgan fingerprint density at radius 2 is 2.17 bits per heavy atom. The van der Waals surface area contributed by atoms with Gasteiger partial charge in [-0.3, -0.25) is 14.5 Å². The molecule has 3 aromatic rings. The van der Waals surface area contributed by atoms with Gasteiger partial charge in [0.25, 0.3) is 0 Å². The summed E-state index contributed by atoms with van der Waals surface area (Å²) in [6.07, 6.45) is 0.316. The quantitative estimate of drug-likeness (QED) is 0.582. The van der Waals surface area contributed by atoms with E-state index in [1.807, 2.05) is 35.1 Å². The van der Waals surface area contributed by atoms with Gasteiger partial charge in [0.1, 0.15) is 0 Å². The van der Waals surface area contributed by atoms with E-state index >= 15 is 0 Å². The summed E-state index contributed by atoms with van der Waals surface area (Å²) in [5.41, 5.74) is 3.04. The molecule has 1 aliphatic rings. The number of hydrogen-bond acceptors (Lipinski definition) is 6. The summed E-state index contributed by atoms with van der Waals surface area (Å²) >= 11 is 6.92. The van der Waals surface area contributed by atoms with E-state index < -0.39 is 0 Å². The highest BCUT2D eigenvalue weighted by Crippen LogP contribution is 2.25. The summed E-state index contributed by atoms with van der Waals surface area (Å²) in [5.74, 6) is 0.719. The topological polar surface area (TPSA) is 75.2 Å². The predicted molar refractivity (Wildman–Crippen MR) is 118 cm³/mol. The van der Waals surface area contributed by atoms with Crippen LogP contribution >= 0.6 is 23.6 Å². The Morgan fingerprint density at radius 3 is 2.90 bits per heavy atom. The number of H-pyrrole nitrogens is 1. The van der Waals surface area contributed by atoms with Gasteiger partial charge in [-0.2, -0.15) is 5.10 Å².